The number of benzene rings is 1. The predicted octanol–water partition coefficient (Wildman–Crippen LogP) is 3.35. The van der Waals surface area contributed by atoms with Crippen LogP contribution in [0.15, 0.2) is 29.3 Å². The number of carbonyl (C=O) groups excluding carboxylic acids is 1. The number of hydrogen-bond donors (Lipinski definition) is 3. The van der Waals surface area contributed by atoms with Crippen molar-refractivity contribution in [2.24, 2.45) is 4.99 Å². The van der Waals surface area contributed by atoms with Crippen molar-refractivity contribution in [2.45, 2.75) is 77.1 Å². The van der Waals surface area contributed by atoms with Crippen molar-refractivity contribution >= 4 is 22.7 Å². The molecule has 1 aromatic carbocycles. The third-order valence-electron chi connectivity index (χ3n) is 5.42. The molecule has 1 aliphatic carbocycles. The van der Waals surface area contributed by atoms with Crippen LogP contribution in [0.1, 0.15) is 75.2 Å². The molecule has 0 spiro atoms. The molecule has 7 heteroatoms. The molecular formula is C23H38N4O2S. The minimum Gasteiger partial charge on any atom is -0.357 e. The fourth-order valence-corrected chi connectivity index (χ4v) is 5.02. The second-order valence-electron chi connectivity index (χ2n) is 7.80. The Morgan fingerprint density at radius 2 is 1.90 bits per heavy atom. The van der Waals surface area contributed by atoms with Crippen LogP contribution in [0.25, 0.3) is 0 Å². The molecule has 0 bridgehead atoms. The number of unbranched alkanes of at least 4 members (excludes halogenated alkanes) is 1. The molecule has 3 unspecified atom stereocenters. The normalized spacial score (nSPS) is 20.4. The number of rotatable bonds is 10. The zero-order chi connectivity index (χ0) is 21.8. The van der Waals surface area contributed by atoms with Crippen molar-refractivity contribution in [1.82, 2.24) is 16.0 Å². The van der Waals surface area contributed by atoms with Gasteiger partial charge >= 0.3 is 0 Å². The van der Waals surface area contributed by atoms with Crippen LogP contribution in [-0.4, -0.2) is 46.2 Å². The maximum atomic E-state index is 12.2. The summed E-state index contributed by atoms with van der Waals surface area (Å²) in [6.07, 6.45) is 6.25. The van der Waals surface area contributed by atoms with Gasteiger partial charge in [0.2, 0.25) is 0 Å². The van der Waals surface area contributed by atoms with Gasteiger partial charge in [0.15, 0.2) is 5.96 Å². The highest BCUT2D eigenvalue weighted by molar-refractivity contribution is 7.85. The first-order chi connectivity index (χ1) is 14.6. The van der Waals surface area contributed by atoms with Crippen LogP contribution in [0.4, 0.5) is 0 Å². The van der Waals surface area contributed by atoms with Gasteiger partial charge in [-0.2, -0.15) is 0 Å². The molecule has 0 saturated heterocycles. The van der Waals surface area contributed by atoms with Crippen LogP contribution in [0.3, 0.4) is 0 Å². The first-order valence-electron chi connectivity index (χ1n) is 11.4. The highest BCUT2D eigenvalue weighted by Gasteiger charge is 2.26. The summed E-state index contributed by atoms with van der Waals surface area (Å²) in [6, 6.07) is 7.95. The summed E-state index contributed by atoms with van der Waals surface area (Å²) >= 11 is 0. The minimum absolute atomic E-state index is 0.0233. The van der Waals surface area contributed by atoms with E-state index in [4.69, 9.17) is 4.99 Å². The van der Waals surface area contributed by atoms with Crippen molar-refractivity contribution in [3.8, 4) is 0 Å². The second-order valence-corrected chi connectivity index (χ2v) is 9.81. The number of hydrogen-bond acceptors (Lipinski definition) is 3. The number of nitrogens with zero attached hydrogens (tertiary/aromatic N) is 1. The van der Waals surface area contributed by atoms with Gasteiger partial charge in [-0.05, 0) is 50.3 Å². The van der Waals surface area contributed by atoms with Gasteiger partial charge in [-0.1, -0.05) is 38.8 Å². The van der Waals surface area contributed by atoms with Gasteiger partial charge in [-0.3, -0.25) is 9.00 Å². The average molecular weight is 435 g/mol. The summed E-state index contributed by atoms with van der Waals surface area (Å²) in [5.74, 6) is 1.51. The van der Waals surface area contributed by atoms with Crippen molar-refractivity contribution < 1.29 is 9.00 Å². The first-order valence-corrected chi connectivity index (χ1v) is 12.7. The van der Waals surface area contributed by atoms with Crippen LogP contribution in [0.2, 0.25) is 0 Å². The maximum Gasteiger partial charge on any atom is 0.251 e. The van der Waals surface area contributed by atoms with Gasteiger partial charge in [0.25, 0.3) is 5.91 Å². The largest absolute Gasteiger partial charge is 0.357 e. The van der Waals surface area contributed by atoms with Crippen molar-refractivity contribution in [3.63, 3.8) is 0 Å². The summed E-state index contributed by atoms with van der Waals surface area (Å²) < 4.78 is 12.2. The zero-order valence-corrected chi connectivity index (χ0v) is 19.5. The Morgan fingerprint density at radius 1 is 1.13 bits per heavy atom. The summed E-state index contributed by atoms with van der Waals surface area (Å²) in [4.78, 5) is 16.8. The fraction of sp³-hybridized carbons (Fsp3) is 0.652. The monoisotopic (exact) mass is 434 g/mol. The van der Waals surface area contributed by atoms with Gasteiger partial charge in [0, 0.05) is 46.5 Å². The van der Waals surface area contributed by atoms with Gasteiger partial charge in [-0.25, -0.2) is 4.99 Å². The summed E-state index contributed by atoms with van der Waals surface area (Å²) in [6.45, 7) is 8.21. The maximum absolute atomic E-state index is 12.2. The second kappa shape index (κ2) is 13.4. The predicted molar refractivity (Wildman–Crippen MR) is 126 cm³/mol. The first kappa shape index (κ1) is 24.4. The summed E-state index contributed by atoms with van der Waals surface area (Å²) in [5.41, 5.74) is 1.74. The van der Waals surface area contributed by atoms with Crippen molar-refractivity contribution in [3.05, 3.63) is 35.4 Å². The number of aliphatic imine (C=N–C) groups is 1. The lowest BCUT2D eigenvalue weighted by atomic mass is 9.95. The molecule has 30 heavy (non-hydrogen) atoms. The van der Waals surface area contributed by atoms with E-state index in [1.54, 1.807) is 0 Å². The van der Waals surface area contributed by atoms with E-state index in [-0.39, 0.29) is 5.91 Å². The zero-order valence-electron chi connectivity index (χ0n) is 18.7. The molecule has 1 aliphatic rings. The van der Waals surface area contributed by atoms with Gasteiger partial charge in [-0.15, -0.1) is 0 Å². The Kier molecular flexibility index (Phi) is 10.9. The molecule has 3 N–H and O–H groups in total. The quantitative estimate of drug-likeness (QED) is 0.300. The van der Waals surface area contributed by atoms with E-state index >= 15 is 0 Å². The van der Waals surface area contributed by atoms with E-state index in [2.05, 4.69) is 29.8 Å². The number of guanidine groups is 1. The molecular weight excluding hydrogens is 396 g/mol. The number of nitrogens with one attached hydrogen (secondary N) is 3. The third-order valence-corrected chi connectivity index (χ3v) is 7.16. The molecule has 0 radical (unpaired) electrons. The van der Waals surface area contributed by atoms with Gasteiger partial charge in [0.1, 0.15) is 0 Å². The highest BCUT2D eigenvalue weighted by Crippen LogP contribution is 2.23. The van der Waals surface area contributed by atoms with E-state index in [1.807, 2.05) is 31.2 Å². The summed E-state index contributed by atoms with van der Waals surface area (Å²) in [5, 5.41) is 10.1. The molecule has 2 rings (SSSR count). The van der Waals surface area contributed by atoms with E-state index in [0.717, 1.165) is 62.3 Å². The Morgan fingerprint density at radius 3 is 2.57 bits per heavy atom. The molecule has 1 aromatic rings. The van der Waals surface area contributed by atoms with Crippen LogP contribution in [0.5, 0.6) is 0 Å². The fourth-order valence-electron chi connectivity index (χ4n) is 3.68. The highest BCUT2D eigenvalue weighted by atomic mass is 32.2. The Balaban J connectivity index is 1.92. The van der Waals surface area contributed by atoms with E-state index in [1.165, 1.54) is 0 Å². The lowest BCUT2D eigenvalue weighted by molar-refractivity contribution is 0.0953. The molecule has 168 valence electrons. The lowest BCUT2D eigenvalue weighted by Crippen LogP contribution is -2.46. The van der Waals surface area contributed by atoms with Gasteiger partial charge in [0.05, 0.1) is 6.54 Å². The number of amides is 1. The van der Waals surface area contributed by atoms with Crippen LogP contribution < -0.4 is 16.0 Å². The van der Waals surface area contributed by atoms with E-state index < -0.39 is 10.8 Å². The van der Waals surface area contributed by atoms with Crippen molar-refractivity contribution in [1.29, 1.82) is 0 Å². The van der Waals surface area contributed by atoms with Crippen molar-refractivity contribution in [2.75, 3.05) is 18.8 Å². The molecule has 0 aliphatic heterocycles. The average Bonchev–Trinajstić information content (AvgIpc) is 2.77. The Labute approximate surface area is 184 Å². The molecule has 6 nitrogen and oxygen atoms in total. The number of carbonyl (C=O) groups is 1. The summed E-state index contributed by atoms with van der Waals surface area (Å²) in [7, 11) is -0.728. The minimum atomic E-state index is -0.728. The smallest absolute Gasteiger partial charge is 0.251 e. The standard InChI is InChI=1S/C23H38N4O2S/c1-4-7-15-25-22(28)19-13-11-18(12-14-19)17-26-23(24-5-2)27-20-9-8-10-21(16-20)30(29)6-3/h11-14,20-21H,4-10,15-17H2,1-3H3,(H,25,28)(H2,24,26,27). The topological polar surface area (TPSA) is 82.6 Å². The SMILES string of the molecule is CCCCNC(=O)c1ccc(CN=C(NCC)NC2CCCC(S(=O)CC)C2)cc1. The lowest BCUT2D eigenvalue weighted by Gasteiger charge is -2.30. The Bertz CT molecular complexity index is 706. The molecule has 1 fully saturated rings. The molecule has 1 amide bonds. The molecule has 3 atom stereocenters. The van der Waals surface area contributed by atoms with Crippen LogP contribution >= 0.6 is 0 Å². The van der Waals surface area contributed by atoms with E-state index in [9.17, 15) is 9.00 Å². The molecule has 0 heterocycles. The Hall–Kier alpha value is -1.89. The third kappa shape index (κ3) is 8.09. The van der Waals surface area contributed by atoms with Crippen LogP contribution in [0, 0.1) is 0 Å². The van der Waals surface area contributed by atoms with Crippen LogP contribution in [-0.2, 0) is 17.3 Å². The molecule has 1 saturated carbocycles. The molecule has 0 aromatic heterocycles. The van der Waals surface area contributed by atoms with Gasteiger partial charge < -0.3 is 16.0 Å². The van der Waals surface area contributed by atoms with E-state index in [0.29, 0.717) is 29.9 Å².